The summed E-state index contributed by atoms with van der Waals surface area (Å²) >= 11 is 6.82. The van der Waals surface area contributed by atoms with Gasteiger partial charge in [-0.1, -0.05) is 33.6 Å². The van der Waals surface area contributed by atoms with Crippen LogP contribution in [0.3, 0.4) is 0 Å². The molecule has 132 valence electrons. The van der Waals surface area contributed by atoms with Crippen molar-refractivity contribution in [1.82, 2.24) is 5.43 Å². The third-order valence-corrected chi connectivity index (χ3v) is 4.37. The molecule has 7 heteroatoms. The Hall–Kier alpha value is -1.86. The number of ether oxygens (including phenoxy) is 2. The smallest absolute Gasteiger partial charge is 0.277 e. The van der Waals surface area contributed by atoms with Gasteiger partial charge in [-0.05, 0) is 53.5 Å². The van der Waals surface area contributed by atoms with Crippen LogP contribution < -0.4 is 14.9 Å². The summed E-state index contributed by atoms with van der Waals surface area (Å²) in [5.74, 6) is 0.972. The number of aryl methyl sites for hydroxylation is 2. The third kappa shape index (κ3) is 5.57. The maximum absolute atomic E-state index is 11.9. The minimum Gasteiger partial charge on any atom is -0.495 e. The predicted molar refractivity (Wildman–Crippen MR) is 106 cm³/mol. The van der Waals surface area contributed by atoms with Gasteiger partial charge in [0.2, 0.25) is 0 Å². The number of benzene rings is 2. The Kier molecular flexibility index (Phi) is 7.01. The number of hydrazone groups is 1. The normalized spacial score (nSPS) is 10.8. The number of hydrogen-bond acceptors (Lipinski definition) is 4. The molecule has 2 rings (SSSR count). The Morgan fingerprint density at radius 1 is 1.24 bits per heavy atom. The van der Waals surface area contributed by atoms with Crippen LogP contribution in [0, 0.1) is 13.8 Å². The molecule has 0 aromatic heterocycles. The molecule has 0 heterocycles. The number of nitrogens with one attached hydrogen (secondary N) is 1. The van der Waals surface area contributed by atoms with Gasteiger partial charge in [-0.15, -0.1) is 0 Å². The molecule has 0 aliphatic carbocycles. The van der Waals surface area contributed by atoms with Gasteiger partial charge in [-0.25, -0.2) is 5.43 Å². The highest BCUT2D eigenvalue weighted by Gasteiger charge is 2.08. The summed E-state index contributed by atoms with van der Waals surface area (Å²) in [6.07, 6.45) is 1.52. The van der Waals surface area contributed by atoms with E-state index in [1.54, 1.807) is 7.11 Å². The highest BCUT2D eigenvalue weighted by Crippen LogP contribution is 2.31. The Labute approximate surface area is 163 Å². The van der Waals surface area contributed by atoms with E-state index in [-0.39, 0.29) is 12.5 Å². The van der Waals surface area contributed by atoms with Gasteiger partial charge in [-0.3, -0.25) is 4.79 Å². The maximum atomic E-state index is 11.9. The summed E-state index contributed by atoms with van der Waals surface area (Å²) in [4.78, 5) is 11.9. The minimum atomic E-state index is -0.343. The molecule has 0 bridgehead atoms. The number of methoxy groups -OCH3 is 1. The molecule has 0 saturated carbocycles. The molecule has 0 radical (unpaired) electrons. The first-order valence-electron chi connectivity index (χ1n) is 7.45. The first kappa shape index (κ1) is 19.5. The van der Waals surface area contributed by atoms with Gasteiger partial charge >= 0.3 is 0 Å². The summed E-state index contributed by atoms with van der Waals surface area (Å²) in [7, 11) is 1.57. The van der Waals surface area contributed by atoms with Crippen molar-refractivity contribution in [3.05, 3.63) is 56.0 Å². The molecule has 0 unspecified atom stereocenters. The molecule has 0 atom stereocenters. The number of hydrogen-bond donors (Lipinski definition) is 1. The van der Waals surface area contributed by atoms with Crippen LogP contribution in [0.5, 0.6) is 11.5 Å². The molecule has 5 nitrogen and oxygen atoms in total. The Morgan fingerprint density at radius 2 is 2.00 bits per heavy atom. The molecular formula is C18H18Br2N2O3. The molecule has 1 amide bonds. The van der Waals surface area contributed by atoms with E-state index in [4.69, 9.17) is 9.47 Å². The van der Waals surface area contributed by atoms with Crippen molar-refractivity contribution in [2.24, 2.45) is 5.10 Å². The zero-order chi connectivity index (χ0) is 18.4. The highest BCUT2D eigenvalue weighted by atomic mass is 79.9. The Bertz CT molecular complexity index is 807. The van der Waals surface area contributed by atoms with E-state index in [9.17, 15) is 4.79 Å². The van der Waals surface area contributed by atoms with Crippen LogP contribution in [-0.4, -0.2) is 25.8 Å². The molecule has 0 saturated heterocycles. The second-order valence-electron chi connectivity index (χ2n) is 5.36. The molecule has 2 aromatic rings. The zero-order valence-corrected chi connectivity index (χ0v) is 17.3. The molecule has 0 aliphatic heterocycles. The van der Waals surface area contributed by atoms with Crippen LogP contribution in [0.2, 0.25) is 0 Å². The summed E-state index contributed by atoms with van der Waals surface area (Å²) in [6, 6.07) is 9.50. The fraction of sp³-hybridized carbons (Fsp3) is 0.222. The van der Waals surface area contributed by atoms with E-state index in [0.717, 1.165) is 25.6 Å². The number of carbonyl (C=O) groups excluding carboxylic acids is 1. The zero-order valence-electron chi connectivity index (χ0n) is 14.1. The van der Waals surface area contributed by atoms with E-state index in [1.165, 1.54) is 6.21 Å². The van der Waals surface area contributed by atoms with Crippen LogP contribution >= 0.6 is 31.9 Å². The van der Waals surface area contributed by atoms with Gasteiger partial charge in [0.25, 0.3) is 5.91 Å². The third-order valence-electron chi connectivity index (χ3n) is 3.32. The van der Waals surface area contributed by atoms with Crippen LogP contribution in [-0.2, 0) is 4.79 Å². The Balaban J connectivity index is 1.95. The van der Waals surface area contributed by atoms with E-state index in [0.29, 0.717) is 11.5 Å². The number of nitrogens with zero attached hydrogens (tertiary/aromatic N) is 1. The first-order valence-corrected chi connectivity index (χ1v) is 9.04. The molecule has 0 spiro atoms. The first-order chi connectivity index (χ1) is 11.9. The van der Waals surface area contributed by atoms with Crippen molar-refractivity contribution < 1.29 is 14.3 Å². The second kappa shape index (κ2) is 9.01. The maximum Gasteiger partial charge on any atom is 0.277 e. The second-order valence-corrected chi connectivity index (χ2v) is 7.13. The van der Waals surface area contributed by atoms with Gasteiger partial charge in [0.15, 0.2) is 6.61 Å². The summed E-state index contributed by atoms with van der Waals surface area (Å²) in [5.41, 5.74) is 5.30. The van der Waals surface area contributed by atoms with Gasteiger partial charge in [0.1, 0.15) is 11.5 Å². The lowest BCUT2D eigenvalue weighted by atomic mass is 10.1. The summed E-state index contributed by atoms with van der Waals surface area (Å²) in [6.45, 7) is 3.84. The van der Waals surface area contributed by atoms with Crippen molar-refractivity contribution in [3.8, 4) is 11.5 Å². The molecule has 0 fully saturated rings. The molecule has 0 aliphatic rings. The van der Waals surface area contributed by atoms with Crippen molar-refractivity contribution in [1.29, 1.82) is 0 Å². The molecular weight excluding hydrogens is 452 g/mol. The monoisotopic (exact) mass is 468 g/mol. The van der Waals surface area contributed by atoms with Crippen molar-refractivity contribution in [3.63, 3.8) is 0 Å². The molecule has 25 heavy (non-hydrogen) atoms. The molecule has 1 N–H and O–H groups in total. The Morgan fingerprint density at radius 3 is 2.68 bits per heavy atom. The fourth-order valence-electron chi connectivity index (χ4n) is 2.20. The van der Waals surface area contributed by atoms with Crippen LogP contribution in [0.1, 0.15) is 16.7 Å². The van der Waals surface area contributed by atoms with Crippen molar-refractivity contribution in [2.75, 3.05) is 13.7 Å². The quantitative estimate of drug-likeness (QED) is 0.504. The minimum absolute atomic E-state index is 0.111. The summed E-state index contributed by atoms with van der Waals surface area (Å²) < 4.78 is 12.5. The van der Waals surface area contributed by atoms with E-state index in [2.05, 4.69) is 42.4 Å². The van der Waals surface area contributed by atoms with Crippen molar-refractivity contribution in [2.45, 2.75) is 13.8 Å². The SMILES string of the molecule is COc1c(Br)cc(Br)cc1C=NNC(=O)COc1ccc(C)cc1C. The van der Waals surface area contributed by atoms with Crippen LogP contribution in [0.25, 0.3) is 0 Å². The van der Waals surface area contributed by atoms with E-state index < -0.39 is 0 Å². The number of amides is 1. The fourth-order valence-corrected chi connectivity index (χ4v) is 3.62. The topological polar surface area (TPSA) is 59.9 Å². The van der Waals surface area contributed by atoms with Crippen molar-refractivity contribution >= 4 is 44.0 Å². The lowest BCUT2D eigenvalue weighted by Gasteiger charge is -2.09. The number of rotatable bonds is 6. The standard InChI is InChI=1S/C18H18Br2N2O3/c1-11-4-5-16(12(2)6-11)25-10-17(23)22-21-9-13-7-14(19)8-15(20)18(13)24-3/h4-9H,10H2,1-3H3,(H,22,23). The van der Waals surface area contributed by atoms with Crippen LogP contribution in [0.15, 0.2) is 44.4 Å². The number of carbonyl (C=O) groups is 1. The van der Waals surface area contributed by atoms with Gasteiger partial charge < -0.3 is 9.47 Å². The van der Waals surface area contributed by atoms with Crippen LogP contribution in [0.4, 0.5) is 0 Å². The van der Waals surface area contributed by atoms with Gasteiger partial charge in [-0.2, -0.15) is 5.10 Å². The lowest BCUT2D eigenvalue weighted by molar-refractivity contribution is -0.123. The number of halogens is 2. The largest absolute Gasteiger partial charge is 0.495 e. The van der Waals surface area contributed by atoms with Gasteiger partial charge in [0, 0.05) is 10.0 Å². The average molecular weight is 470 g/mol. The lowest BCUT2D eigenvalue weighted by Crippen LogP contribution is -2.24. The molecule has 2 aromatic carbocycles. The predicted octanol–water partition coefficient (Wildman–Crippen LogP) is 4.37. The van der Waals surface area contributed by atoms with E-state index in [1.807, 2.05) is 44.2 Å². The highest BCUT2D eigenvalue weighted by molar-refractivity contribution is 9.11. The summed E-state index contributed by atoms with van der Waals surface area (Å²) in [5, 5.41) is 3.95. The van der Waals surface area contributed by atoms with Gasteiger partial charge in [0.05, 0.1) is 17.8 Å². The average Bonchev–Trinajstić information content (AvgIpc) is 2.53. The van der Waals surface area contributed by atoms with E-state index >= 15 is 0 Å².